The summed E-state index contributed by atoms with van der Waals surface area (Å²) in [5.41, 5.74) is 1.44. The number of amides is 1. The van der Waals surface area contributed by atoms with Crippen LogP contribution in [0.1, 0.15) is 16.8 Å². The Morgan fingerprint density at radius 2 is 1.91 bits per heavy atom. The van der Waals surface area contributed by atoms with Crippen molar-refractivity contribution < 1.29 is 4.79 Å². The number of anilines is 2. The van der Waals surface area contributed by atoms with E-state index in [1.165, 1.54) is 0 Å². The fourth-order valence-electron chi connectivity index (χ4n) is 1.98. The molecule has 1 aromatic carbocycles. The number of benzene rings is 1. The maximum Gasteiger partial charge on any atom is 0.252 e. The number of halogens is 1. The molecule has 0 fully saturated rings. The molecule has 0 aliphatic carbocycles. The monoisotopic (exact) mass is 332 g/mol. The summed E-state index contributed by atoms with van der Waals surface area (Å²) in [6.45, 7) is 1.60. The molecule has 0 atom stereocenters. The summed E-state index contributed by atoms with van der Waals surface area (Å²) in [5, 5.41) is 6.73. The van der Waals surface area contributed by atoms with Crippen LogP contribution in [0.4, 0.5) is 11.5 Å². The lowest BCUT2D eigenvalue weighted by Gasteiger charge is -2.10. The second-order valence-corrected chi connectivity index (χ2v) is 5.91. The average molecular weight is 333 g/mol. The van der Waals surface area contributed by atoms with E-state index in [4.69, 9.17) is 11.6 Å². The smallest absolute Gasteiger partial charge is 0.252 e. The maximum absolute atomic E-state index is 12.0. The fourth-order valence-corrected chi connectivity index (χ4v) is 2.11. The van der Waals surface area contributed by atoms with Gasteiger partial charge in [-0.2, -0.15) is 0 Å². The number of nitrogens with one attached hydrogen (secondary N) is 2. The van der Waals surface area contributed by atoms with Gasteiger partial charge in [0.2, 0.25) is 0 Å². The Bertz CT molecular complexity index is 626. The van der Waals surface area contributed by atoms with E-state index in [0.717, 1.165) is 18.7 Å². The molecule has 0 unspecified atom stereocenters. The second kappa shape index (κ2) is 8.50. The Kier molecular flexibility index (Phi) is 6.38. The number of hydrogen-bond donors (Lipinski definition) is 2. The highest BCUT2D eigenvalue weighted by Gasteiger charge is 2.05. The summed E-state index contributed by atoms with van der Waals surface area (Å²) in [4.78, 5) is 18.3. The van der Waals surface area contributed by atoms with Crippen LogP contribution in [0.25, 0.3) is 0 Å². The van der Waals surface area contributed by atoms with Gasteiger partial charge in [-0.15, -0.1) is 0 Å². The molecule has 0 aliphatic heterocycles. The highest BCUT2D eigenvalue weighted by Crippen LogP contribution is 2.17. The van der Waals surface area contributed by atoms with Gasteiger partial charge in [0.25, 0.3) is 5.91 Å². The average Bonchev–Trinajstić information content (AvgIpc) is 2.54. The lowest BCUT2D eigenvalue weighted by atomic mass is 10.2. The van der Waals surface area contributed by atoms with Crippen molar-refractivity contribution in [1.82, 2.24) is 15.2 Å². The first-order valence-electron chi connectivity index (χ1n) is 7.46. The van der Waals surface area contributed by atoms with Crippen LogP contribution in [0.2, 0.25) is 5.02 Å². The number of nitrogens with zero attached hydrogens (tertiary/aromatic N) is 2. The lowest BCUT2D eigenvalue weighted by Crippen LogP contribution is -2.27. The highest BCUT2D eigenvalue weighted by atomic mass is 35.5. The van der Waals surface area contributed by atoms with E-state index in [9.17, 15) is 4.79 Å². The minimum Gasteiger partial charge on any atom is -0.352 e. The molecule has 0 saturated heterocycles. The van der Waals surface area contributed by atoms with Crippen molar-refractivity contribution in [3.63, 3.8) is 0 Å². The van der Waals surface area contributed by atoms with Crippen LogP contribution >= 0.6 is 11.6 Å². The molecule has 2 N–H and O–H groups in total. The predicted octanol–water partition coefficient (Wildman–Crippen LogP) is 3.16. The summed E-state index contributed by atoms with van der Waals surface area (Å²) in [5.74, 6) is 0.575. The van der Waals surface area contributed by atoms with Crippen LogP contribution in [0.3, 0.4) is 0 Å². The Morgan fingerprint density at radius 1 is 1.17 bits per heavy atom. The van der Waals surface area contributed by atoms with Gasteiger partial charge in [-0.1, -0.05) is 11.6 Å². The van der Waals surface area contributed by atoms with Gasteiger partial charge in [-0.3, -0.25) is 4.79 Å². The van der Waals surface area contributed by atoms with Crippen molar-refractivity contribution in [2.45, 2.75) is 6.42 Å². The Balaban J connectivity index is 1.86. The standard InChI is InChI=1S/C17H21ClN4O/c1-22(2)11-3-10-19-17(23)13-4-9-16(20-12-13)21-15-7-5-14(18)6-8-15/h4-9,12H,3,10-11H2,1-2H3,(H,19,23)(H,20,21). The molecule has 0 aliphatic rings. The molecule has 122 valence electrons. The molecule has 1 amide bonds. The third-order valence-electron chi connectivity index (χ3n) is 3.21. The van der Waals surface area contributed by atoms with Gasteiger partial charge in [0.15, 0.2) is 0 Å². The van der Waals surface area contributed by atoms with Crippen molar-refractivity contribution in [3.8, 4) is 0 Å². The van der Waals surface area contributed by atoms with E-state index in [2.05, 4.69) is 20.5 Å². The largest absolute Gasteiger partial charge is 0.352 e. The molecule has 0 saturated carbocycles. The van der Waals surface area contributed by atoms with Crippen LogP contribution in [-0.4, -0.2) is 43.0 Å². The molecular formula is C17H21ClN4O. The molecule has 1 aromatic heterocycles. The van der Waals surface area contributed by atoms with Crippen LogP contribution < -0.4 is 10.6 Å². The minimum absolute atomic E-state index is 0.103. The molecule has 5 nitrogen and oxygen atoms in total. The number of hydrogen-bond acceptors (Lipinski definition) is 4. The third kappa shape index (κ3) is 5.88. The number of pyridine rings is 1. The first-order chi connectivity index (χ1) is 11.0. The van der Waals surface area contributed by atoms with Crippen LogP contribution in [-0.2, 0) is 0 Å². The van der Waals surface area contributed by atoms with Gasteiger partial charge in [0.05, 0.1) is 5.56 Å². The number of aromatic nitrogens is 1. The predicted molar refractivity (Wildman–Crippen MR) is 94.5 cm³/mol. The molecule has 1 heterocycles. The minimum atomic E-state index is -0.103. The molecule has 23 heavy (non-hydrogen) atoms. The van der Waals surface area contributed by atoms with E-state index < -0.39 is 0 Å². The lowest BCUT2D eigenvalue weighted by molar-refractivity contribution is 0.0952. The summed E-state index contributed by atoms with van der Waals surface area (Å²) < 4.78 is 0. The van der Waals surface area contributed by atoms with Gasteiger partial charge in [0.1, 0.15) is 5.82 Å². The number of carbonyl (C=O) groups excluding carboxylic acids is 1. The van der Waals surface area contributed by atoms with E-state index in [0.29, 0.717) is 22.9 Å². The Morgan fingerprint density at radius 3 is 2.52 bits per heavy atom. The van der Waals surface area contributed by atoms with E-state index in [-0.39, 0.29) is 5.91 Å². The quantitative estimate of drug-likeness (QED) is 0.765. The number of carbonyl (C=O) groups is 1. The summed E-state index contributed by atoms with van der Waals surface area (Å²) >= 11 is 5.85. The van der Waals surface area contributed by atoms with Gasteiger partial charge < -0.3 is 15.5 Å². The van der Waals surface area contributed by atoms with E-state index in [1.807, 2.05) is 26.2 Å². The molecule has 2 rings (SSSR count). The SMILES string of the molecule is CN(C)CCCNC(=O)c1ccc(Nc2ccc(Cl)cc2)nc1. The van der Waals surface area contributed by atoms with Crippen LogP contribution in [0.5, 0.6) is 0 Å². The molecule has 0 bridgehead atoms. The third-order valence-corrected chi connectivity index (χ3v) is 3.46. The highest BCUT2D eigenvalue weighted by molar-refractivity contribution is 6.30. The second-order valence-electron chi connectivity index (χ2n) is 5.48. The van der Waals surface area contributed by atoms with Gasteiger partial charge in [-0.25, -0.2) is 4.98 Å². The zero-order valence-electron chi connectivity index (χ0n) is 13.3. The summed E-state index contributed by atoms with van der Waals surface area (Å²) in [6.07, 6.45) is 2.49. The Labute approximate surface area is 141 Å². The van der Waals surface area contributed by atoms with E-state index >= 15 is 0 Å². The molecule has 0 spiro atoms. The molecule has 6 heteroatoms. The normalized spacial score (nSPS) is 10.6. The van der Waals surface area contributed by atoms with Crippen molar-refractivity contribution in [3.05, 3.63) is 53.2 Å². The van der Waals surface area contributed by atoms with Crippen LogP contribution in [0.15, 0.2) is 42.6 Å². The first-order valence-corrected chi connectivity index (χ1v) is 7.84. The summed E-state index contributed by atoms with van der Waals surface area (Å²) in [6, 6.07) is 10.9. The topological polar surface area (TPSA) is 57.3 Å². The molecular weight excluding hydrogens is 312 g/mol. The Hall–Kier alpha value is -2.11. The van der Waals surface area contributed by atoms with Gasteiger partial charge in [0, 0.05) is 23.5 Å². The van der Waals surface area contributed by atoms with Gasteiger partial charge >= 0.3 is 0 Å². The van der Waals surface area contributed by atoms with Crippen molar-refractivity contribution >= 4 is 29.0 Å². The van der Waals surface area contributed by atoms with Crippen molar-refractivity contribution in [2.24, 2.45) is 0 Å². The van der Waals surface area contributed by atoms with Crippen molar-refractivity contribution in [1.29, 1.82) is 0 Å². The molecule has 0 radical (unpaired) electrons. The zero-order valence-corrected chi connectivity index (χ0v) is 14.1. The van der Waals surface area contributed by atoms with Crippen molar-refractivity contribution in [2.75, 3.05) is 32.5 Å². The maximum atomic E-state index is 12.0. The summed E-state index contributed by atoms with van der Waals surface area (Å²) in [7, 11) is 4.02. The molecule has 2 aromatic rings. The van der Waals surface area contributed by atoms with E-state index in [1.54, 1.807) is 30.5 Å². The van der Waals surface area contributed by atoms with Crippen LogP contribution in [0, 0.1) is 0 Å². The number of rotatable bonds is 7. The van der Waals surface area contributed by atoms with Gasteiger partial charge in [-0.05, 0) is 63.5 Å². The fraction of sp³-hybridized carbons (Fsp3) is 0.294. The zero-order chi connectivity index (χ0) is 16.7. The first kappa shape index (κ1) is 17.2.